The molecule has 0 bridgehead atoms. The van der Waals surface area contributed by atoms with Crippen LogP contribution >= 0.6 is 22.7 Å². The zero-order valence-corrected chi connectivity index (χ0v) is 11.9. The minimum Gasteiger partial charge on any atom is -0.384 e. The van der Waals surface area contributed by atoms with Gasteiger partial charge in [0, 0.05) is 16.6 Å². The molecule has 2 aromatic rings. The second-order valence-electron chi connectivity index (χ2n) is 3.69. The summed E-state index contributed by atoms with van der Waals surface area (Å²) in [6, 6.07) is 1.77. The van der Waals surface area contributed by atoms with Gasteiger partial charge >= 0.3 is 0 Å². The van der Waals surface area contributed by atoms with Crippen LogP contribution in [0.15, 0.2) is 16.8 Å². The van der Waals surface area contributed by atoms with Crippen molar-refractivity contribution in [2.24, 2.45) is 0 Å². The minimum atomic E-state index is -0.213. The Morgan fingerprint density at radius 1 is 1.53 bits per heavy atom. The molecule has 0 saturated heterocycles. The Labute approximate surface area is 119 Å². The van der Waals surface area contributed by atoms with Crippen LogP contribution in [0.5, 0.6) is 0 Å². The van der Waals surface area contributed by atoms with Crippen LogP contribution in [0.1, 0.15) is 25.9 Å². The smallest absolute Gasteiger partial charge is 0.262 e. The normalized spacial score (nSPS) is 9.79. The van der Waals surface area contributed by atoms with E-state index in [4.69, 9.17) is 5.11 Å². The number of carbonyl (C=O) groups excluding carboxylic acids is 1. The monoisotopic (exact) mass is 292 g/mol. The average molecular weight is 292 g/mol. The molecule has 0 radical (unpaired) electrons. The van der Waals surface area contributed by atoms with Crippen LogP contribution < -0.4 is 5.32 Å². The maximum absolute atomic E-state index is 12.0. The fraction of sp³-hybridized carbons (Fsp3) is 0.231. The number of aromatic nitrogens is 1. The molecule has 4 nitrogen and oxygen atoms in total. The van der Waals surface area contributed by atoms with Gasteiger partial charge in [-0.3, -0.25) is 4.79 Å². The van der Waals surface area contributed by atoms with Gasteiger partial charge in [-0.1, -0.05) is 11.8 Å². The first-order valence-corrected chi connectivity index (χ1v) is 7.33. The quantitative estimate of drug-likeness (QED) is 0.848. The first-order chi connectivity index (χ1) is 9.20. The number of aryl methyl sites for hydroxylation is 1. The molecular formula is C13H12N2O2S2. The van der Waals surface area contributed by atoms with E-state index < -0.39 is 0 Å². The van der Waals surface area contributed by atoms with Gasteiger partial charge < -0.3 is 10.4 Å². The van der Waals surface area contributed by atoms with E-state index in [0.717, 1.165) is 10.7 Å². The Morgan fingerprint density at radius 2 is 2.37 bits per heavy atom. The first kappa shape index (κ1) is 13.7. The molecule has 0 spiro atoms. The average Bonchev–Trinajstić information content (AvgIpc) is 3.02. The van der Waals surface area contributed by atoms with E-state index in [-0.39, 0.29) is 12.5 Å². The fourth-order valence-corrected chi connectivity index (χ4v) is 2.92. The molecule has 6 heteroatoms. The molecule has 2 rings (SSSR count). The molecule has 2 aromatic heterocycles. The van der Waals surface area contributed by atoms with E-state index in [1.807, 2.05) is 17.7 Å². The maximum atomic E-state index is 12.0. The Morgan fingerprint density at radius 3 is 3.05 bits per heavy atom. The summed E-state index contributed by atoms with van der Waals surface area (Å²) >= 11 is 2.86. The van der Waals surface area contributed by atoms with Gasteiger partial charge in [-0.2, -0.15) is 0 Å². The predicted octanol–water partition coefficient (Wildman–Crippen LogP) is 1.79. The Kier molecular flexibility index (Phi) is 4.68. The summed E-state index contributed by atoms with van der Waals surface area (Å²) in [5.74, 6) is 5.15. The highest BCUT2D eigenvalue weighted by Crippen LogP contribution is 2.16. The summed E-state index contributed by atoms with van der Waals surface area (Å²) in [7, 11) is 0. The van der Waals surface area contributed by atoms with Gasteiger partial charge in [0.1, 0.15) is 16.5 Å². The predicted molar refractivity (Wildman–Crippen MR) is 76.3 cm³/mol. The number of thiazole rings is 1. The van der Waals surface area contributed by atoms with E-state index >= 15 is 0 Å². The van der Waals surface area contributed by atoms with Crippen molar-refractivity contribution in [3.05, 3.63) is 38.0 Å². The third-order valence-corrected chi connectivity index (χ3v) is 4.12. The molecule has 19 heavy (non-hydrogen) atoms. The number of nitrogens with zero attached hydrogens (tertiary/aromatic N) is 1. The second kappa shape index (κ2) is 6.48. The van der Waals surface area contributed by atoms with Crippen LogP contribution in [0.25, 0.3) is 0 Å². The number of amides is 1. The molecule has 0 aromatic carbocycles. The van der Waals surface area contributed by atoms with Crippen LogP contribution in [0, 0.1) is 18.8 Å². The summed E-state index contributed by atoms with van der Waals surface area (Å²) in [6.45, 7) is 2.13. The van der Waals surface area contributed by atoms with Crippen molar-refractivity contribution in [2.75, 3.05) is 6.61 Å². The molecule has 0 atom stereocenters. The van der Waals surface area contributed by atoms with Gasteiger partial charge in [-0.05, 0) is 18.4 Å². The van der Waals surface area contributed by atoms with E-state index in [1.165, 1.54) is 22.7 Å². The maximum Gasteiger partial charge on any atom is 0.262 e. The fourth-order valence-electron chi connectivity index (χ4n) is 1.44. The number of carbonyl (C=O) groups is 1. The molecule has 98 valence electrons. The lowest BCUT2D eigenvalue weighted by Gasteiger charge is -2.01. The molecule has 2 N–H and O–H groups in total. The van der Waals surface area contributed by atoms with Crippen LogP contribution in [0.2, 0.25) is 0 Å². The van der Waals surface area contributed by atoms with Crippen molar-refractivity contribution in [1.29, 1.82) is 0 Å². The summed E-state index contributed by atoms with van der Waals surface area (Å²) in [4.78, 5) is 16.9. The first-order valence-electron chi connectivity index (χ1n) is 5.57. The van der Waals surface area contributed by atoms with Crippen LogP contribution in [-0.2, 0) is 6.54 Å². The lowest BCUT2D eigenvalue weighted by atomic mass is 10.2. The number of nitrogens with one attached hydrogen (secondary N) is 1. The third kappa shape index (κ3) is 3.64. The molecule has 0 aliphatic carbocycles. The lowest BCUT2D eigenvalue weighted by molar-refractivity contribution is 0.0954. The highest BCUT2D eigenvalue weighted by atomic mass is 32.1. The van der Waals surface area contributed by atoms with Crippen molar-refractivity contribution in [3.8, 4) is 11.8 Å². The zero-order chi connectivity index (χ0) is 13.7. The van der Waals surface area contributed by atoms with Gasteiger partial charge in [0.15, 0.2) is 0 Å². The van der Waals surface area contributed by atoms with Crippen molar-refractivity contribution in [2.45, 2.75) is 13.5 Å². The number of rotatable bonds is 3. The standard InChI is InChI=1S/C13H12N2O2S2/c1-9-8-19-11(15-9)7-14-13(17)12-10(3-2-5-16)4-6-18-12/h4,6,8,16H,5,7H2,1H3,(H,14,17). The molecule has 0 aliphatic heterocycles. The summed E-state index contributed by atoms with van der Waals surface area (Å²) in [6.07, 6.45) is 0. The summed E-state index contributed by atoms with van der Waals surface area (Å²) in [5.41, 5.74) is 1.60. The Hall–Kier alpha value is -1.68. The number of thiophene rings is 1. The molecule has 0 fully saturated rings. The van der Waals surface area contributed by atoms with Crippen molar-refractivity contribution < 1.29 is 9.90 Å². The molecule has 1 amide bonds. The number of hydrogen-bond acceptors (Lipinski definition) is 5. The van der Waals surface area contributed by atoms with Crippen LogP contribution in [-0.4, -0.2) is 22.6 Å². The number of aliphatic hydroxyl groups is 1. The van der Waals surface area contributed by atoms with E-state index in [9.17, 15) is 4.79 Å². The Bertz CT molecular complexity index is 634. The van der Waals surface area contributed by atoms with Crippen molar-refractivity contribution in [3.63, 3.8) is 0 Å². The molecular weight excluding hydrogens is 280 g/mol. The molecule has 0 unspecified atom stereocenters. The van der Waals surface area contributed by atoms with Gasteiger partial charge in [0.2, 0.25) is 0 Å². The minimum absolute atomic E-state index is 0.162. The lowest BCUT2D eigenvalue weighted by Crippen LogP contribution is -2.22. The van der Waals surface area contributed by atoms with E-state index in [0.29, 0.717) is 17.0 Å². The van der Waals surface area contributed by atoms with E-state index in [1.54, 1.807) is 6.07 Å². The highest BCUT2D eigenvalue weighted by Gasteiger charge is 2.12. The number of aliphatic hydroxyl groups excluding tert-OH is 1. The number of hydrogen-bond donors (Lipinski definition) is 2. The SMILES string of the molecule is Cc1csc(CNC(=O)c2sccc2C#CCO)n1. The molecule has 0 aliphatic rings. The zero-order valence-electron chi connectivity index (χ0n) is 10.3. The summed E-state index contributed by atoms with van der Waals surface area (Å²) in [5, 5.41) is 16.1. The van der Waals surface area contributed by atoms with Crippen molar-refractivity contribution in [1.82, 2.24) is 10.3 Å². The largest absolute Gasteiger partial charge is 0.384 e. The van der Waals surface area contributed by atoms with Crippen molar-refractivity contribution >= 4 is 28.6 Å². The second-order valence-corrected chi connectivity index (χ2v) is 5.55. The van der Waals surface area contributed by atoms with Crippen LogP contribution in [0.4, 0.5) is 0 Å². The molecule has 0 saturated carbocycles. The van der Waals surface area contributed by atoms with E-state index in [2.05, 4.69) is 22.1 Å². The van der Waals surface area contributed by atoms with Gasteiger partial charge in [0.05, 0.1) is 6.54 Å². The molecule has 2 heterocycles. The van der Waals surface area contributed by atoms with Gasteiger partial charge in [0.25, 0.3) is 5.91 Å². The van der Waals surface area contributed by atoms with Crippen LogP contribution in [0.3, 0.4) is 0 Å². The highest BCUT2D eigenvalue weighted by molar-refractivity contribution is 7.12. The summed E-state index contributed by atoms with van der Waals surface area (Å²) < 4.78 is 0. The Balaban J connectivity index is 2.02. The van der Waals surface area contributed by atoms with Gasteiger partial charge in [-0.15, -0.1) is 22.7 Å². The third-order valence-electron chi connectivity index (χ3n) is 2.24. The van der Waals surface area contributed by atoms with Gasteiger partial charge in [-0.25, -0.2) is 4.98 Å². The topological polar surface area (TPSA) is 62.2 Å².